The largest absolute Gasteiger partial charge is 0.383 e. The third-order valence-corrected chi connectivity index (χ3v) is 3.15. The Labute approximate surface area is 120 Å². The van der Waals surface area contributed by atoms with Crippen LogP contribution in [0.2, 0.25) is 0 Å². The van der Waals surface area contributed by atoms with E-state index >= 15 is 0 Å². The predicted octanol–water partition coefficient (Wildman–Crippen LogP) is 1.68. The van der Waals surface area contributed by atoms with E-state index in [9.17, 15) is 0 Å². The molecule has 5 heteroatoms. The van der Waals surface area contributed by atoms with Crippen molar-refractivity contribution in [1.29, 1.82) is 0 Å². The van der Waals surface area contributed by atoms with Crippen LogP contribution in [0.1, 0.15) is 12.6 Å². The molecule has 1 unspecified atom stereocenters. The summed E-state index contributed by atoms with van der Waals surface area (Å²) in [4.78, 5) is 0. The molecule has 5 nitrogen and oxygen atoms in total. The molecule has 0 bridgehead atoms. The van der Waals surface area contributed by atoms with E-state index in [0.29, 0.717) is 5.92 Å². The number of benzene rings is 1. The average molecular weight is 274 g/mol. The van der Waals surface area contributed by atoms with Crippen LogP contribution in [0.5, 0.6) is 0 Å². The summed E-state index contributed by atoms with van der Waals surface area (Å²) in [5.74, 6) is 0.521. The van der Waals surface area contributed by atoms with Gasteiger partial charge in [-0.2, -0.15) is 0 Å². The molecule has 1 heterocycles. The Morgan fingerprint density at radius 2 is 2.10 bits per heavy atom. The number of ether oxygens (including phenoxy) is 1. The van der Waals surface area contributed by atoms with E-state index in [2.05, 4.69) is 22.6 Å². The van der Waals surface area contributed by atoms with Gasteiger partial charge in [-0.1, -0.05) is 30.3 Å². The zero-order valence-electron chi connectivity index (χ0n) is 12.1. The number of hydrogen-bond donors (Lipinski definition) is 1. The normalized spacial score (nSPS) is 12.5. The Morgan fingerprint density at radius 3 is 2.85 bits per heavy atom. The van der Waals surface area contributed by atoms with Gasteiger partial charge >= 0.3 is 0 Å². The number of hydrogen-bond acceptors (Lipinski definition) is 4. The number of nitrogens with one attached hydrogen (secondary N) is 1. The molecule has 0 amide bonds. The third-order valence-electron chi connectivity index (χ3n) is 3.15. The van der Waals surface area contributed by atoms with Crippen LogP contribution in [0.4, 0.5) is 0 Å². The molecule has 1 N–H and O–H groups in total. The number of methoxy groups -OCH3 is 1. The smallest absolute Gasteiger partial charge is 0.0729 e. The molecule has 1 atom stereocenters. The van der Waals surface area contributed by atoms with Crippen molar-refractivity contribution in [2.75, 3.05) is 26.8 Å². The highest BCUT2D eigenvalue weighted by Gasteiger charge is 2.10. The van der Waals surface area contributed by atoms with E-state index in [0.717, 1.165) is 37.5 Å². The Morgan fingerprint density at radius 1 is 1.30 bits per heavy atom. The molecule has 0 aliphatic carbocycles. The minimum absolute atomic E-state index is 0.521. The maximum absolute atomic E-state index is 5.02. The second kappa shape index (κ2) is 7.77. The van der Waals surface area contributed by atoms with Gasteiger partial charge in [0, 0.05) is 13.7 Å². The fraction of sp³-hybridized carbons (Fsp3) is 0.467. The Hall–Kier alpha value is -1.72. The van der Waals surface area contributed by atoms with Gasteiger partial charge in [0.15, 0.2) is 0 Å². The molecule has 2 aromatic rings. The van der Waals surface area contributed by atoms with Gasteiger partial charge in [-0.15, -0.1) is 5.10 Å². The first-order valence-corrected chi connectivity index (χ1v) is 6.96. The van der Waals surface area contributed by atoms with Crippen LogP contribution in [0.15, 0.2) is 36.5 Å². The van der Waals surface area contributed by atoms with Gasteiger partial charge in [0.1, 0.15) is 0 Å². The monoisotopic (exact) mass is 274 g/mol. The van der Waals surface area contributed by atoms with Gasteiger partial charge in [-0.3, -0.25) is 0 Å². The van der Waals surface area contributed by atoms with Crippen molar-refractivity contribution in [1.82, 2.24) is 20.3 Å². The Balaban J connectivity index is 1.92. The van der Waals surface area contributed by atoms with Crippen molar-refractivity contribution in [3.63, 3.8) is 0 Å². The lowest BCUT2D eigenvalue weighted by atomic mass is 10.1. The maximum Gasteiger partial charge on any atom is 0.0729 e. The minimum Gasteiger partial charge on any atom is -0.383 e. The van der Waals surface area contributed by atoms with Crippen LogP contribution in [0.3, 0.4) is 0 Å². The van der Waals surface area contributed by atoms with Crippen LogP contribution in [-0.4, -0.2) is 41.8 Å². The summed E-state index contributed by atoms with van der Waals surface area (Å²) in [7, 11) is 1.72. The molecule has 0 fully saturated rings. The summed E-state index contributed by atoms with van der Waals surface area (Å²) in [6, 6.07) is 10.1. The van der Waals surface area contributed by atoms with Gasteiger partial charge in [0.25, 0.3) is 0 Å². The number of aromatic nitrogens is 3. The van der Waals surface area contributed by atoms with E-state index in [-0.39, 0.29) is 0 Å². The summed E-state index contributed by atoms with van der Waals surface area (Å²) in [6.45, 7) is 4.82. The molecule has 108 valence electrons. The van der Waals surface area contributed by atoms with E-state index in [1.165, 1.54) is 0 Å². The standard InChI is InChI=1S/C15H22N4O/c1-13(11-16-8-9-20-2)10-15-12-17-18-19(15)14-6-4-3-5-7-14/h3-7,12-13,16H,8-11H2,1-2H3. The van der Waals surface area contributed by atoms with Gasteiger partial charge in [-0.25, -0.2) is 4.68 Å². The highest BCUT2D eigenvalue weighted by atomic mass is 16.5. The third kappa shape index (κ3) is 4.15. The highest BCUT2D eigenvalue weighted by molar-refractivity contribution is 5.31. The zero-order chi connectivity index (χ0) is 14.2. The lowest BCUT2D eigenvalue weighted by molar-refractivity contribution is 0.198. The van der Waals surface area contributed by atoms with Crippen molar-refractivity contribution in [3.05, 3.63) is 42.2 Å². The molecule has 0 spiro atoms. The van der Waals surface area contributed by atoms with Gasteiger partial charge < -0.3 is 10.1 Å². The minimum atomic E-state index is 0.521. The Kier molecular flexibility index (Phi) is 5.70. The van der Waals surface area contributed by atoms with Crippen LogP contribution >= 0.6 is 0 Å². The van der Waals surface area contributed by atoms with Gasteiger partial charge in [0.2, 0.25) is 0 Å². The SMILES string of the molecule is COCCNCC(C)Cc1cnnn1-c1ccccc1. The van der Waals surface area contributed by atoms with Crippen molar-refractivity contribution in [2.24, 2.45) is 5.92 Å². The summed E-state index contributed by atoms with van der Waals surface area (Å²) < 4.78 is 6.93. The maximum atomic E-state index is 5.02. The summed E-state index contributed by atoms with van der Waals surface area (Å²) in [6.07, 6.45) is 2.79. The number of para-hydroxylation sites is 1. The second-order valence-corrected chi connectivity index (χ2v) is 4.98. The molecule has 0 saturated carbocycles. The molecule has 1 aromatic heterocycles. The van der Waals surface area contributed by atoms with Crippen molar-refractivity contribution >= 4 is 0 Å². The molecular formula is C15H22N4O. The average Bonchev–Trinajstić information content (AvgIpc) is 2.92. The van der Waals surface area contributed by atoms with E-state index in [1.807, 2.05) is 41.2 Å². The lowest BCUT2D eigenvalue weighted by Crippen LogP contribution is -2.26. The fourth-order valence-electron chi connectivity index (χ4n) is 2.13. The van der Waals surface area contributed by atoms with Crippen molar-refractivity contribution < 1.29 is 4.74 Å². The number of rotatable bonds is 8. The van der Waals surface area contributed by atoms with Crippen molar-refractivity contribution in [2.45, 2.75) is 13.3 Å². The topological polar surface area (TPSA) is 52.0 Å². The molecule has 0 aliphatic rings. The van der Waals surface area contributed by atoms with Crippen LogP contribution < -0.4 is 5.32 Å². The molecule has 2 rings (SSSR count). The van der Waals surface area contributed by atoms with E-state index < -0.39 is 0 Å². The first kappa shape index (κ1) is 14.7. The Bertz CT molecular complexity index is 498. The van der Waals surface area contributed by atoms with E-state index in [1.54, 1.807) is 7.11 Å². The number of nitrogens with zero attached hydrogens (tertiary/aromatic N) is 3. The predicted molar refractivity (Wildman–Crippen MR) is 79.0 cm³/mol. The van der Waals surface area contributed by atoms with Crippen molar-refractivity contribution in [3.8, 4) is 5.69 Å². The first-order valence-electron chi connectivity index (χ1n) is 6.96. The molecular weight excluding hydrogens is 252 g/mol. The summed E-state index contributed by atoms with van der Waals surface area (Å²) >= 11 is 0. The lowest BCUT2D eigenvalue weighted by Gasteiger charge is -2.13. The van der Waals surface area contributed by atoms with E-state index in [4.69, 9.17) is 4.74 Å². The molecule has 0 aliphatic heterocycles. The quantitative estimate of drug-likeness (QED) is 0.744. The van der Waals surface area contributed by atoms with Crippen LogP contribution in [-0.2, 0) is 11.2 Å². The summed E-state index contributed by atoms with van der Waals surface area (Å²) in [5, 5.41) is 11.6. The molecule has 0 radical (unpaired) electrons. The molecule has 1 aromatic carbocycles. The first-order chi connectivity index (χ1) is 9.81. The van der Waals surface area contributed by atoms with Gasteiger partial charge in [-0.05, 0) is 31.0 Å². The highest BCUT2D eigenvalue weighted by Crippen LogP contribution is 2.12. The van der Waals surface area contributed by atoms with Gasteiger partial charge in [0.05, 0.1) is 24.2 Å². The molecule has 20 heavy (non-hydrogen) atoms. The fourth-order valence-corrected chi connectivity index (χ4v) is 2.13. The summed E-state index contributed by atoms with van der Waals surface area (Å²) in [5.41, 5.74) is 2.19. The van der Waals surface area contributed by atoms with Crippen LogP contribution in [0, 0.1) is 5.92 Å². The zero-order valence-corrected chi connectivity index (χ0v) is 12.1. The van der Waals surface area contributed by atoms with Crippen LogP contribution in [0.25, 0.3) is 5.69 Å². The second-order valence-electron chi connectivity index (χ2n) is 4.98. The molecule has 0 saturated heterocycles.